The Hall–Kier alpha value is -0.410. The van der Waals surface area contributed by atoms with Gasteiger partial charge in [0.1, 0.15) is 5.60 Å². The molecule has 1 rings (SSSR count). The van der Waals surface area contributed by atoms with Crippen molar-refractivity contribution in [2.45, 2.75) is 25.6 Å². The molecule has 0 atom stereocenters. The van der Waals surface area contributed by atoms with E-state index >= 15 is 0 Å². The molecule has 0 saturated carbocycles. The van der Waals surface area contributed by atoms with E-state index in [1.807, 2.05) is 13.8 Å². The predicted octanol–water partition coefficient (Wildman–Crippen LogP) is -0.0477. The first-order chi connectivity index (χ1) is 4.68. The van der Waals surface area contributed by atoms with E-state index in [-0.39, 0.29) is 6.10 Å². The monoisotopic (exact) mass is 143 g/mol. The number of aldehydes is 1. The summed E-state index contributed by atoms with van der Waals surface area (Å²) >= 11 is 0. The molecule has 0 aromatic carbocycles. The molecule has 3 heteroatoms. The molecule has 1 heterocycles. The minimum atomic E-state index is -0.506. The molecule has 1 aliphatic rings. The maximum Gasteiger partial charge on any atom is 0.154 e. The lowest BCUT2D eigenvalue weighted by Crippen LogP contribution is -2.63. The largest absolute Gasteiger partial charge is 0.362 e. The van der Waals surface area contributed by atoms with Gasteiger partial charge < -0.3 is 14.8 Å². The lowest BCUT2D eigenvalue weighted by molar-refractivity contribution is -0.146. The van der Waals surface area contributed by atoms with Crippen molar-refractivity contribution in [2.75, 3.05) is 13.1 Å². The van der Waals surface area contributed by atoms with E-state index < -0.39 is 5.60 Å². The van der Waals surface area contributed by atoms with Gasteiger partial charge in [-0.2, -0.15) is 0 Å². The van der Waals surface area contributed by atoms with Crippen molar-refractivity contribution in [2.24, 2.45) is 0 Å². The zero-order valence-corrected chi connectivity index (χ0v) is 6.39. The van der Waals surface area contributed by atoms with Gasteiger partial charge >= 0.3 is 0 Å². The van der Waals surface area contributed by atoms with Crippen molar-refractivity contribution in [1.29, 1.82) is 0 Å². The van der Waals surface area contributed by atoms with Crippen LogP contribution in [0.3, 0.4) is 0 Å². The van der Waals surface area contributed by atoms with Gasteiger partial charge in [-0.15, -0.1) is 0 Å². The van der Waals surface area contributed by atoms with Crippen molar-refractivity contribution in [3.63, 3.8) is 0 Å². The molecule has 0 bridgehead atoms. The number of hydrogen-bond donors (Lipinski definition) is 1. The van der Waals surface area contributed by atoms with Crippen LogP contribution in [0.25, 0.3) is 0 Å². The highest BCUT2D eigenvalue weighted by molar-refractivity contribution is 5.65. The molecule has 1 saturated heterocycles. The number of carbonyl (C=O) groups is 1. The SMILES string of the molecule is CC(C)OC1(C=O)CNC1. The van der Waals surface area contributed by atoms with Gasteiger partial charge in [-0.1, -0.05) is 0 Å². The van der Waals surface area contributed by atoms with Gasteiger partial charge in [-0.05, 0) is 13.8 Å². The summed E-state index contributed by atoms with van der Waals surface area (Å²) in [5.74, 6) is 0. The van der Waals surface area contributed by atoms with E-state index in [1.165, 1.54) is 0 Å². The number of hydrogen-bond acceptors (Lipinski definition) is 3. The first-order valence-corrected chi connectivity index (χ1v) is 3.53. The average molecular weight is 143 g/mol. The van der Waals surface area contributed by atoms with E-state index in [4.69, 9.17) is 4.74 Å². The summed E-state index contributed by atoms with van der Waals surface area (Å²) in [7, 11) is 0. The fourth-order valence-corrected chi connectivity index (χ4v) is 1.04. The molecule has 1 aliphatic heterocycles. The van der Waals surface area contributed by atoms with Crippen LogP contribution in [0.1, 0.15) is 13.8 Å². The normalized spacial score (nSPS) is 22.3. The number of nitrogens with one attached hydrogen (secondary N) is 1. The van der Waals surface area contributed by atoms with Crippen LogP contribution in [0.4, 0.5) is 0 Å². The second kappa shape index (κ2) is 2.68. The standard InChI is InChI=1S/C7H13NO2/c1-6(2)10-7(5-9)3-8-4-7/h5-6,8H,3-4H2,1-2H3. The summed E-state index contributed by atoms with van der Waals surface area (Å²) in [6, 6.07) is 0. The van der Waals surface area contributed by atoms with E-state index in [1.54, 1.807) is 0 Å². The Morgan fingerprint density at radius 1 is 1.60 bits per heavy atom. The van der Waals surface area contributed by atoms with Gasteiger partial charge in [-0.25, -0.2) is 0 Å². The van der Waals surface area contributed by atoms with Gasteiger partial charge in [0.15, 0.2) is 6.29 Å². The van der Waals surface area contributed by atoms with E-state index in [2.05, 4.69) is 5.32 Å². The first kappa shape index (κ1) is 7.69. The molecular weight excluding hydrogens is 130 g/mol. The van der Waals surface area contributed by atoms with Crippen molar-refractivity contribution in [3.05, 3.63) is 0 Å². The van der Waals surface area contributed by atoms with Crippen molar-refractivity contribution in [1.82, 2.24) is 5.32 Å². The summed E-state index contributed by atoms with van der Waals surface area (Å²) in [5.41, 5.74) is -0.506. The quantitative estimate of drug-likeness (QED) is 0.563. The van der Waals surface area contributed by atoms with Crippen LogP contribution in [-0.2, 0) is 9.53 Å². The van der Waals surface area contributed by atoms with Crippen LogP contribution in [0, 0.1) is 0 Å². The third-order valence-corrected chi connectivity index (χ3v) is 1.53. The highest BCUT2D eigenvalue weighted by atomic mass is 16.5. The van der Waals surface area contributed by atoms with Gasteiger partial charge in [0.25, 0.3) is 0 Å². The fraction of sp³-hybridized carbons (Fsp3) is 0.857. The van der Waals surface area contributed by atoms with Crippen LogP contribution in [-0.4, -0.2) is 31.1 Å². The van der Waals surface area contributed by atoms with Crippen molar-refractivity contribution >= 4 is 6.29 Å². The highest BCUT2D eigenvalue weighted by Crippen LogP contribution is 2.15. The molecule has 0 aliphatic carbocycles. The van der Waals surface area contributed by atoms with Crippen LogP contribution in [0.5, 0.6) is 0 Å². The van der Waals surface area contributed by atoms with Crippen molar-refractivity contribution < 1.29 is 9.53 Å². The maximum absolute atomic E-state index is 10.5. The Bertz CT molecular complexity index is 130. The Labute approximate surface area is 60.7 Å². The van der Waals surface area contributed by atoms with Crippen molar-refractivity contribution in [3.8, 4) is 0 Å². The predicted molar refractivity (Wildman–Crippen MR) is 37.9 cm³/mol. The molecule has 0 spiro atoms. The fourth-order valence-electron chi connectivity index (χ4n) is 1.04. The summed E-state index contributed by atoms with van der Waals surface area (Å²) in [5, 5.41) is 3.00. The average Bonchev–Trinajstić information content (AvgIpc) is 1.78. The van der Waals surface area contributed by atoms with E-state index in [0.717, 1.165) is 6.29 Å². The van der Waals surface area contributed by atoms with Crippen LogP contribution >= 0.6 is 0 Å². The third kappa shape index (κ3) is 1.36. The molecule has 1 N–H and O–H groups in total. The van der Waals surface area contributed by atoms with Gasteiger partial charge in [0.05, 0.1) is 6.10 Å². The van der Waals surface area contributed by atoms with Gasteiger partial charge in [0.2, 0.25) is 0 Å². The van der Waals surface area contributed by atoms with Gasteiger partial charge in [-0.3, -0.25) is 0 Å². The zero-order valence-electron chi connectivity index (χ0n) is 6.39. The summed E-state index contributed by atoms with van der Waals surface area (Å²) in [6.07, 6.45) is 1.02. The molecule has 0 aromatic heterocycles. The summed E-state index contributed by atoms with van der Waals surface area (Å²) in [4.78, 5) is 10.5. The molecular formula is C7H13NO2. The molecule has 3 nitrogen and oxygen atoms in total. The summed E-state index contributed by atoms with van der Waals surface area (Å²) < 4.78 is 5.39. The minimum absolute atomic E-state index is 0.132. The maximum atomic E-state index is 10.5. The van der Waals surface area contributed by atoms with E-state index in [9.17, 15) is 4.79 Å². The van der Waals surface area contributed by atoms with Crippen LogP contribution in [0.15, 0.2) is 0 Å². The Morgan fingerprint density at radius 2 is 2.20 bits per heavy atom. The molecule has 1 fully saturated rings. The molecule has 0 aromatic rings. The summed E-state index contributed by atoms with van der Waals surface area (Å²) in [6.45, 7) is 5.19. The second-order valence-electron chi connectivity index (χ2n) is 2.95. The minimum Gasteiger partial charge on any atom is -0.362 e. The highest BCUT2D eigenvalue weighted by Gasteiger charge is 2.38. The topological polar surface area (TPSA) is 38.3 Å². The zero-order chi connectivity index (χ0) is 7.61. The third-order valence-electron chi connectivity index (χ3n) is 1.53. The lowest BCUT2D eigenvalue weighted by atomic mass is 9.99. The Morgan fingerprint density at radius 3 is 2.30 bits per heavy atom. The first-order valence-electron chi connectivity index (χ1n) is 3.53. The molecule has 0 radical (unpaired) electrons. The van der Waals surface area contributed by atoms with Crippen LogP contribution < -0.4 is 5.32 Å². The molecule has 0 unspecified atom stereocenters. The smallest absolute Gasteiger partial charge is 0.154 e. The second-order valence-corrected chi connectivity index (χ2v) is 2.95. The van der Waals surface area contributed by atoms with E-state index in [0.29, 0.717) is 13.1 Å². The Kier molecular flexibility index (Phi) is 2.06. The number of carbonyl (C=O) groups excluding carboxylic acids is 1. The molecule has 10 heavy (non-hydrogen) atoms. The Balaban J connectivity index is 2.40. The molecule has 58 valence electrons. The van der Waals surface area contributed by atoms with Gasteiger partial charge in [0, 0.05) is 13.1 Å². The molecule has 0 amide bonds. The lowest BCUT2D eigenvalue weighted by Gasteiger charge is -2.38. The number of rotatable bonds is 3. The van der Waals surface area contributed by atoms with Crippen LogP contribution in [0.2, 0.25) is 0 Å². The number of ether oxygens (including phenoxy) is 1.